The second kappa shape index (κ2) is 5.78. The van der Waals surface area contributed by atoms with Gasteiger partial charge in [-0.2, -0.15) is 5.26 Å². The number of ether oxygens (including phenoxy) is 2. The molecule has 21 heavy (non-hydrogen) atoms. The average Bonchev–Trinajstić information content (AvgIpc) is 2.89. The molecule has 0 radical (unpaired) electrons. The van der Waals surface area contributed by atoms with Crippen molar-refractivity contribution in [3.05, 3.63) is 22.7 Å². The summed E-state index contributed by atoms with van der Waals surface area (Å²) in [5.41, 5.74) is 8.30. The molecular formula is C15H20N4O2. The molecule has 0 saturated heterocycles. The molecule has 1 aliphatic carbocycles. The van der Waals surface area contributed by atoms with Crippen LogP contribution in [0.1, 0.15) is 49.3 Å². The van der Waals surface area contributed by atoms with Gasteiger partial charge in [-0.3, -0.25) is 5.10 Å². The fraction of sp³-hybridized carbons (Fsp3) is 0.600. The molecule has 1 unspecified atom stereocenters. The Labute approximate surface area is 123 Å². The van der Waals surface area contributed by atoms with Crippen LogP contribution in [0, 0.1) is 17.2 Å². The van der Waals surface area contributed by atoms with Crippen LogP contribution in [-0.2, 0) is 11.3 Å². The highest BCUT2D eigenvalue weighted by atomic mass is 16.5. The van der Waals surface area contributed by atoms with Gasteiger partial charge in [-0.05, 0) is 18.8 Å². The van der Waals surface area contributed by atoms with Gasteiger partial charge in [-0.25, -0.2) is 0 Å². The largest absolute Gasteiger partial charge is 0.420 e. The van der Waals surface area contributed by atoms with Crippen molar-refractivity contribution in [1.82, 2.24) is 10.2 Å². The first-order valence-electron chi connectivity index (χ1n) is 7.40. The molecule has 3 N–H and O–H groups in total. The number of nitrogens with one attached hydrogen (secondary N) is 1. The summed E-state index contributed by atoms with van der Waals surface area (Å²) in [5, 5.41) is 16.7. The van der Waals surface area contributed by atoms with Crippen LogP contribution in [0.15, 0.2) is 11.5 Å². The molecule has 0 spiro atoms. The Hall–Kier alpha value is -2.00. The van der Waals surface area contributed by atoms with Crippen LogP contribution in [0.25, 0.3) is 0 Å². The quantitative estimate of drug-likeness (QED) is 0.889. The third-order valence-corrected chi connectivity index (χ3v) is 4.47. The number of rotatable bonds is 3. The van der Waals surface area contributed by atoms with Crippen LogP contribution in [-0.4, -0.2) is 17.3 Å². The van der Waals surface area contributed by atoms with Crippen LogP contribution < -0.4 is 10.5 Å². The lowest BCUT2D eigenvalue weighted by atomic mass is 9.73. The van der Waals surface area contributed by atoms with E-state index in [0.717, 1.165) is 24.1 Å². The standard InChI is InChI=1S/C15H20N4O2/c1-20-8-11-13-12(9-5-3-2-4-6-9)10(7-16)14(17)21-15(13)19-18-11/h9,12H,2-6,8,17H2,1H3,(H,18,19). The molecule has 1 fully saturated rings. The summed E-state index contributed by atoms with van der Waals surface area (Å²) in [6.45, 7) is 0.424. The first-order chi connectivity index (χ1) is 10.3. The second-order valence-corrected chi connectivity index (χ2v) is 5.72. The number of nitrogens with two attached hydrogens (primary N) is 1. The Kier molecular flexibility index (Phi) is 3.84. The summed E-state index contributed by atoms with van der Waals surface area (Å²) in [5.74, 6) is 1.08. The van der Waals surface area contributed by atoms with Crippen LogP contribution in [0.5, 0.6) is 5.88 Å². The van der Waals surface area contributed by atoms with E-state index in [1.54, 1.807) is 7.11 Å². The molecule has 1 aliphatic heterocycles. The van der Waals surface area contributed by atoms with E-state index in [1.807, 2.05) is 0 Å². The molecule has 2 heterocycles. The number of allylic oxidation sites excluding steroid dienone is 1. The zero-order chi connectivity index (χ0) is 14.8. The van der Waals surface area contributed by atoms with Gasteiger partial charge in [0.15, 0.2) is 0 Å². The van der Waals surface area contributed by atoms with Crippen LogP contribution in [0.3, 0.4) is 0 Å². The topological polar surface area (TPSA) is 97.0 Å². The number of methoxy groups -OCH3 is 1. The first kappa shape index (κ1) is 14.0. The van der Waals surface area contributed by atoms with Gasteiger partial charge in [0.2, 0.25) is 11.8 Å². The normalized spacial score (nSPS) is 22.6. The summed E-state index contributed by atoms with van der Waals surface area (Å²) in [7, 11) is 1.64. The van der Waals surface area contributed by atoms with E-state index >= 15 is 0 Å². The minimum Gasteiger partial charge on any atom is -0.420 e. The molecule has 3 rings (SSSR count). The van der Waals surface area contributed by atoms with Gasteiger partial charge < -0.3 is 15.2 Å². The summed E-state index contributed by atoms with van der Waals surface area (Å²) < 4.78 is 10.7. The number of H-pyrrole nitrogens is 1. The maximum atomic E-state index is 9.52. The third-order valence-electron chi connectivity index (χ3n) is 4.47. The molecule has 112 valence electrons. The van der Waals surface area contributed by atoms with E-state index in [-0.39, 0.29) is 11.8 Å². The highest BCUT2D eigenvalue weighted by Gasteiger charge is 2.39. The Morgan fingerprint density at radius 3 is 2.86 bits per heavy atom. The Bertz CT molecular complexity index is 593. The van der Waals surface area contributed by atoms with Crippen LogP contribution in [0.2, 0.25) is 0 Å². The van der Waals surface area contributed by atoms with Gasteiger partial charge in [0.25, 0.3) is 0 Å². The summed E-state index contributed by atoms with van der Waals surface area (Å²) in [6.07, 6.45) is 5.89. The maximum absolute atomic E-state index is 9.52. The van der Waals surface area contributed by atoms with Gasteiger partial charge in [0.05, 0.1) is 17.9 Å². The Morgan fingerprint density at radius 1 is 1.43 bits per heavy atom. The highest BCUT2D eigenvalue weighted by Crippen LogP contribution is 2.47. The molecular weight excluding hydrogens is 268 g/mol. The SMILES string of the molecule is COCc1[nH]nc2c1C(C1CCCCC1)C(C#N)=C(N)O2. The summed E-state index contributed by atoms with van der Waals surface area (Å²) >= 11 is 0. The molecule has 0 aromatic carbocycles. The molecule has 6 heteroatoms. The second-order valence-electron chi connectivity index (χ2n) is 5.72. The molecule has 0 amide bonds. The minimum atomic E-state index is -0.0250. The fourth-order valence-electron chi connectivity index (χ4n) is 3.54. The van der Waals surface area contributed by atoms with Gasteiger partial charge in [-0.1, -0.05) is 19.3 Å². The fourth-order valence-corrected chi connectivity index (χ4v) is 3.54. The zero-order valence-corrected chi connectivity index (χ0v) is 12.2. The van der Waals surface area contributed by atoms with Crippen molar-refractivity contribution in [3.8, 4) is 11.9 Å². The molecule has 1 atom stereocenters. The van der Waals surface area contributed by atoms with Crippen molar-refractivity contribution in [3.63, 3.8) is 0 Å². The van der Waals surface area contributed by atoms with Gasteiger partial charge in [0.1, 0.15) is 6.07 Å². The Morgan fingerprint density at radius 2 is 2.19 bits per heavy atom. The highest BCUT2D eigenvalue weighted by molar-refractivity contribution is 5.49. The van der Waals surface area contributed by atoms with Gasteiger partial charge >= 0.3 is 0 Å². The number of aromatic amines is 1. The van der Waals surface area contributed by atoms with Crippen molar-refractivity contribution in [2.75, 3.05) is 7.11 Å². The zero-order valence-electron chi connectivity index (χ0n) is 12.2. The molecule has 0 bridgehead atoms. The lowest BCUT2D eigenvalue weighted by Gasteiger charge is -2.32. The number of hydrogen-bond acceptors (Lipinski definition) is 5. The smallest absolute Gasteiger partial charge is 0.244 e. The molecule has 1 aromatic heterocycles. The predicted molar refractivity (Wildman–Crippen MR) is 76.1 cm³/mol. The summed E-state index contributed by atoms with van der Waals surface area (Å²) in [4.78, 5) is 0. The number of nitriles is 1. The van der Waals surface area contributed by atoms with E-state index in [4.69, 9.17) is 15.2 Å². The van der Waals surface area contributed by atoms with Crippen molar-refractivity contribution < 1.29 is 9.47 Å². The lowest BCUT2D eigenvalue weighted by Crippen LogP contribution is -2.26. The van der Waals surface area contributed by atoms with Gasteiger partial charge in [-0.15, -0.1) is 5.10 Å². The van der Waals surface area contributed by atoms with Crippen LogP contribution in [0.4, 0.5) is 0 Å². The lowest BCUT2D eigenvalue weighted by molar-refractivity contribution is 0.179. The molecule has 6 nitrogen and oxygen atoms in total. The van der Waals surface area contributed by atoms with Crippen molar-refractivity contribution >= 4 is 0 Å². The van der Waals surface area contributed by atoms with Crippen molar-refractivity contribution in [2.45, 2.75) is 44.6 Å². The van der Waals surface area contributed by atoms with E-state index in [1.165, 1.54) is 19.3 Å². The maximum Gasteiger partial charge on any atom is 0.244 e. The summed E-state index contributed by atoms with van der Waals surface area (Å²) in [6, 6.07) is 2.25. The van der Waals surface area contributed by atoms with Gasteiger partial charge in [0, 0.05) is 18.6 Å². The third kappa shape index (κ3) is 2.38. The van der Waals surface area contributed by atoms with Crippen molar-refractivity contribution in [1.29, 1.82) is 5.26 Å². The number of nitrogens with zero attached hydrogens (tertiary/aromatic N) is 2. The van der Waals surface area contributed by atoms with E-state index in [2.05, 4.69) is 16.3 Å². The average molecular weight is 288 g/mol. The van der Waals surface area contributed by atoms with Crippen molar-refractivity contribution in [2.24, 2.45) is 11.7 Å². The number of fused-ring (bicyclic) bond motifs is 1. The molecule has 1 aromatic rings. The van der Waals surface area contributed by atoms with Crippen LogP contribution >= 0.6 is 0 Å². The number of hydrogen-bond donors (Lipinski definition) is 2. The molecule has 2 aliphatic rings. The van der Waals surface area contributed by atoms with E-state index in [0.29, 0.717) is 24.0 Å². The first-order valence-corrected chi connectivity index (χ1v) is 7.40. The number of aromatic nitrogens is 2. The predicted octanol–water partition coefficient (Wildman–Crippen LogP) is 2.31. The monoisotopic (exact) mass is 288 g/mol. The van der Waals surface area contributed by atoms with E-state index in [9.17, 15) is 5.26 Å². The van der Waals surface area contributed by atoms with E-state index < -0.39 is 0 Å². The minimum absolute atomic E-state index is 0.0250. The Balaban J connectivity index is 2.05. The molecule has 1 saturated carbocycles.